The Hall–Kier alpha value is -3.85. The zero-order valence-corrected chi connectivity index (χ0v) is 20.2. The molecule has 3 N–H and O–H groups in total. The number of benzene rings is 2. The number of H-pyrrole nitrogens is 1. The number of rotatable bonds is 4. The summed E-state index contributed by atoms with van der Waals surface area (Å²) in [5, 5.41) is 13.3. The van der Waals surface area contributed by atoms with Gasteiger partial charge in [-0.05, 0) is 48.4 Å². The standard InChI is InChI=1S/C27H27FN8/c1-15-16(7-8-22-17(15)12-35(2)34-22)24-25-26(33-32-24)31-23(11-30-25)36-10-9-18-20(13-36)27(18,14-29)19-5-3-4-6-21(19)28/h3-8,11-12,18,20H,9-10,13-14,29H2,1-2H3,(H,31,32,33)/t18-,20+,27-/m1/s1. The second kappa shape index (κ2) is 7.57. The highest BCUT2D eigenvalue weighted by atomic mass is 19.1. The van der Waals surface area contributed by atoms with Crippen LogP contribution in [0, 0.1) is 24.6 Å². The predicted octanol–water partition coefficient (Wildman–Crippen LogP) is 3.71. The number of hydrogen-bond donors (Lipinski definition) is 2. The van der Waals surface area contributed by atoms with E-state index in [2.05, 4.69) is 27.1 Å². The number of piperidine rings is 1. The van der Waals surface area contributed by atoms with E-state index < -0.39 is 0 Å². The molecule has 1 aliphatic carbocycles. The summed E-state index contributed by atoms with van der Waals surface area (Å²) in [7, 11) is 1.93. The number of aryl methyl sites for hydroxylation is 2. The van der Waals surface area contributed by atoms with Gasteiger partial charge in [0.05, 0.1) is 11.7 Å². The zero-order chi connectivity index (χ0) is 24.6. The number of anilines is 1. The molecule has 9 heteroatoms. The van der Waals surface area contributed by atoms with E-state index in [-0.39, 0.29) is 11.2 Å². The van der Waals surface area contributed by atoms with Crippen molar-refractivity contribution in [2.75, 3.05) is 24.5 Å². The molecular formula is C27H27FN8. The Labute approximate surface area is 207 Å². The Morgan fingerprint density at radius 2 is 2.06 bits per heavy atom. The number of halogens is 1. The Balaban J connectivity index is 1.20. The predicted molar refractivity (Wildman–Crippen MR) is 137 cm³/mol. The number of nitrogens with one attached hydrogen (secondary N) is 1. The summed E-state index contributed by atoms with van der Waals surface area (Å²) in [6.07, 6.45) is 4.81. The third kappa shape index (κ3) is 2.89. The molecule has 0 unspecified atom stereocenters. The van der Waals surface area contributed by atoms with Crippen LogP contribution in [0.5, 0.6) is 0 Å². The summed E-state index contributed by atoms with van der Waals surface area (Å²) >= 11 is 0. The van der Waals surface area contributed by atoms with Gasteiger partial charge in [0.2, 0.25) is 0 Å². The fourth-order valence-electron chi connectivity index (χ4n) is 6.58. The zero-order valence-electron chi connectivity index (χ0n) is 20.2. The molecule has 0 spiro atoms. The normalized spacial score (nSPS) is 23.4. The lowest BCUT2D eigenvalue weighted by Gasteiger charge is -2.26. The maximum atomic E-state index is 14.7. The highest BCUT2D eigenvalue weighted by Crippen LogP contribution is 2.63. The summed E-state index contributed by atoms with van der Waals surface area (Å²) in [4.78, 5) is 11.9. The molecule has 0 radical (unpaired) electrons. The van der Waals surface area contributed by atoms with E-state index in [0.717, 1.165) is 64.1 Å². The largest absolute Gasteiger partial charge is 0.355 e. The van der Waals surface area contributed by atoms with E-state index in [1.54, 1.807) is 6.07 Å². The van der Waals surface area contributed by atoms with Crippen molar-refractivity contribution in [3.8, 4) is 11.3 Å². The highest BCUT2D eigenvalue weighted by molar-refractivity contribution is 5.94. The Bertz CT molecular complexity index is 1640. The molecule has 3 atom stereocenters. The van der Waals surface area contributed by atoms with Crippen LogP contribution < -0.4 is 10.6 Å². The van der Waals surface area contributed by atoms with Crippen LogP contribution in [-0.2, 0) is 12.5 Å². The van der Waals surface area contributed by atoms with E-state index in [0.29, 0.717) is 24.0 Å². The van der Waals surface area contributed by atoms with E-state index in [1.807, 2.05) is 48.4 Å². The fourth-order valence-corrected chi connectivity index (χ4v) is 6.58. The van der Waals surface area contributed by atoms with Crippen molar-refractivity contribution in [2.45, 2.75) is 18.8 Å². The van der Waals surface area contributed by atoms with Gasteiger partial charge in [-0.2, -0.15) is 10.2 Å². The van der Waals surface area contributed by atoms with Crippen molar-refractivity contribution in [2.24, 2.45) is 24.6 Å². The van der Waals surface area contributed by atoms with Crippen LogP contribution in [0.3, 0.4) is 0 Å². The SMILES string of the molecule is Cc1c(-c2n[nH]c3nc(N4CC[C@@H]5[C@H](C4)[C@@]5(CN)c4ccccc4F)cnc23)ccc2nn(C)cc12. The van der Waals surface area contributed by atoms with Gasteiger partial charge >= 0.3 is 0 Å². The molecule has 7 rings (SSSR count). The van der Waals surface area contributed by atoms with Crippen molar-refractivity contribution in [1.29, 1.82) is 0 Å². The van der Waals surface area contributed by atoms with Crippen LogP contribution in [0.15, 0.2) is 48.8 Å². The number of fused-ring (bicyclic) bond motifs is 3. The van der Waals surface area contributed by atoms with Gasteiger partial charge in [0.15, 0.2) is 5.65 Å². The van der Waals surface area contributed by atoms with E-state index in [1.165, 1.54) is 6.07 Å². The molecule has 8 nitrogen and oxygen atoms in total. The van der Waals surface area contributed by atoms with Gasteiger partial charge in [0, 0.05) is 49.2 Å². The molecular weight excluding hydrogens is 455 g/mol. The average molecular weight is 483 g/mol. The molecule has 0 bridgehead atoms. The van der Waals surface area contributed by atoms with Gasteiger partial charge in [0.1, 0.15) is 22.8 Å². The Morgan fingerprint density at radius 3 is 2.89 bits per heavy atom. The first-order chi connectivity index (χ1) is 17.5. The maximum Gasteiger partial charge on any atom is 0.177 e. The maximum absolute atomic E-state index is 14.7. The molecule has 36 heavy (non-hydrogen) atoms. The third-order valence-corrected chi connectivity index (χ3v) is 8.45. The van der Waals surface area contributed by atoms with Crippen molar-refractivity contribution >= 4 is 27.9 Å². The molecule has 182 valence electrons. The van der Waals surface area contributed by atoms with Crippen molar-refractivity contribution in [1.82, 2.24) is 29.9 Å². The number of aromatic amines is 1. The molecule has 2 aromatic carbocycles. The minimum atomic E-state index is -0.290. The molecule has 2 fully saturated rings. The lowest BCUT2D eigenvalue weighted by molar-refractivity contribution is 0.533. The summed E-state index contributed by atoms with van der Waals surface area (Å²) in [5.74, 6) is 1.35. The van der Waals surface area contributed by atoms with Gasteiger partial charge in [-0.15, -0.1) is 0 Å². The first-order valence-corrected chi connectivity index (χ1v) is 12.4. The lowest BCUT2D eigenvalue weighted by Crippen LogP contribution is -2.32. The second-order valence-corrected chi connectivity index (χ2v) is 10.1. The monoisotopic (exact) mass is 482 g/mol. The Morgan fingerprint density at radius 1 is 1.19 bits per heavy atom. The van der Waals surface area contributed by atoms with E-state index in [9.17, 15) is 4.39 Å². The first-order valence-electron chi connectivity index (χ1n) is 12.4. The van der Waals surface area contributed by atoms with Crippen LogP contribution in [0.4, 0.5) is 10.2 Å². The topological polar surface area (TPSA) is 102 Å². The molecule has 2 aliphatic rings. The third-order valence-electron chi connectivity index (χ3n) is 8.45. The van der Waals surface area contributed by atoms with Crippen LogP contribution >= 0.6 is 0 Å². The highest BCUT2D eigenvalue weighted by Gasteiger charge is 2.66. The molecule has 4 heterocycles. The quantitative estimate of drug-likeness (QED) is 0.405. The van der Waals surface area contributed by atoms with Crippen LogP contribution in [0.1, 0.15) is 17.5 Å². The summed E-state index contributed by atoms with van der Waals surface area (Å²) < 4.78 is 16.5. The Kier molecular flexibility index (Phi) is 4.51. The molecule has 3 aromatic heterocycles. The van der Waals surface area contributed by atoms with Crippen molar-refractivity contribution in [3.05, 3.63) is 65.7 Å². The van der Waals surface area contributed by atoms with Crippen molar-refractivity contribution in [3.63, 3.8) is 0 Å². The minimum absolute atomic E-state index is 0.158. The molecule has 1 saturated carbocycles. The van der Waals surface area contributed by atoms with Crippen LogP contribution in [0.25, 0.3) is 33.3 Å². The first kappa shape index (κ1) is 21.4. The lowest BCUT2D eigenvalue weighted by atomic mass is 9.91. The number of nitrogens with zero attached hydrogens (tertiary/aromatic N) is 6. The fraction of sp³-hybridized carbons (Fsp3) is 0.333. The van der Waals surface area contributed by atoms with Crippen LogP contribution in [-0.4, -0.2) is 49.6 Å². The number of aromatic nitrogens is 6. The smallest absolute Gasteiger partial charge is 0.177 e. The molecule has 1 aliphatic heterocycles. The number of nitrogens with two attached hydrogens (primary N) is 1. The van der Waals surface area contributed by atoms with Gasteiger partial charge in [-0.1, -0.05) is 24.3 Å². The second-order valence-electron chi connectivity index (χ2n) is 10.1. The molecule has 1 saturated heterocycles. The summed E-state index contributed by atoms with van der Waals surface area (Å²) in [5.41, 5.74) is 12.0. The van der Waals surface area contributed by atoms with Crippen molar-refractivity contribution < 1.29 is 4.39 Å². The van der Waals surface area contributed by atoms with Gasteiger partial charge in [-0.3, -0.25) is 9.78 Å². The number of hydrogen-bond acceptors (Lipinski definition) is 6. The average Bonchev–Trinajstić information content (AvgIpc) is 3.12. The summed E-state index contributed by atoms with van der Waals surface area (Å²) in [6, 6.07) is 11.1. The summed E-state index contributed by atoms with van der Waals surface area (Å²) in [6.45, 7) is 4.16. The minimum Gasteiger partial charge on any atom is -0.355 e. The van der Waals surface area contributed by atoms with Gasteiger partial charge in [-0.25, -0.2) is 14.4 Å². The molecule has 0 amide bonds. The van der Waals surface area contributed by atoms with E-state index in [4.69, 9.17) is 15.7 Å². The molecule has 5 aromatic rings. The van der Waals surface area contributed by atoms with E-state index >= 15 is 0 Å². The van der Waals surface area contributed by atoms with Crippen LogP contribution in [0.2, 0.25) is 0 Å². The van der Waals surface area contributed by atoms with Gasteiger partial charge in [0.25, 0.3) is 0 Å². The van der Waals surface area contributed by atoms with Gasteiger partial charge < -0.3 is 10.6 Å².